The second-order valence-corrected chi connectivity index (χ2v) is 6.13. The molecule has 0 aliphatic carbocycles. The minimum Gasteiger partial charge on any atom is -0.351 e. The molecule has 6 nitrogen and oxygen atoms in total. The summed E-state index contributed by atoms with van der Waals surface area (Å²) >= 11 is 3.19. The van der Waals surface area contributed by atoms with E-state index in [1.54, 1.807) is 12.3 Å². The molecule has 17 heavy (non-hydrogen) atoms. The number of halogens is 1. The van der Waals surface area contributed by atoms with Crippen molar-refractivity contribution >= 4 is 31.9 Å². The van der Waals surface area contributed by atoms with E-state index in [0.717, 1.165) is 0 Å². The molecule has 1 aromatic rings. The zero-order valence-corrected chi connectivity index (χ0v) is 11.5. The van der Waals surface area contributed by atoms with Crippen LogP contribution in [-0.4, -0.2) is 38.7 Å². The largest absolute Gasteiger partial charge is 0.351 e. The van der Waals surface area contributed by atoms with Crippen LogP contribution in [-0.2, 0) is 10.0 Å². The van der Waals surface area contributed by atoms with Crippen molar-refractivity contribution in [1.29, 1.82) is 0 Å². The van der Waals surface area contributed by atoms with E-state index < -0.39 is 10.0 Å². The normalized spacial score (nSPS) is 11.2. The summed E-state index contributed by atoms with van der Waals surface area (Å²) in [6, 6.07) is 1.61. The van der Waals surface area contributed by atoms with Gasteiger partial charge in [0.25, 0.3) is 5.91 Å². The maximum Gasteiger partial charge on any atom is 0.252 e. The van der Waals surface area contributed by atoms with Gasteiger partial charge in [0.05, 0.1) is 11.3 Å². The molecule has 0 saturated carbocycles. The Bertz CT molecular complexity index is 504. The molecule has 1 rings (SSSR count). The number of aromatic nitrogens is 1. The smallest absolute Gasteiger partial charge is 0.252 e. The number of nitrogens with zero attached hydrogens (tertiary/aromatic N) is 1. The Kier molecular flexibility index (Phi) is 5.03. The number of sulfonamides is 1. The van der Waals surface area contributed by atoms with E-state index in [4.69, 9.17) is 0 Å². The Morgan fingerprint density at radius 1 is 1.47 bits per heavy atom. The molecule has 0 saturated heterocycles. The number of rotatable bonds is 5. The van der Waals surface area contributed by atoms with Gasteiger partial charge in [-0.25, -0.2) is 13.1 Å². The molecule has 0 aromatic carbocycles. The molecule has 1 aromatic heterocycles. The fraction of sp³-hybridized carbons (Fsp3) is 0.333. The summed E-state index contributed by atoms with van der Waals surface area (Å²) in [7, 11) is -1.97. The lowest BCUT2D eigenvalue weighted by Gasteiger charge is -2.05. The van der Waals surface area contributed by atoms with Gasteiger partial charge >= 0.3 is 0 Å². The summed E-state index contributed by atoms with van der Waals surface area (Å²) in [6.07, 6.45) is 2.97. The Morgan fingerprint density at radius 3 is 2.76 bits per heavy atom. The van der Waals surface area contributed by atoms with Crippen molar-refractivity contribution in [3.8, 4) is 0 Å². The van der Waals surface area contributed by atoms with Crippen LogP contribution in [0, 0.1) is 0 Å². The summed E-state index contributed by atoms with van der Waals surface area (Å²) in [4.78, 5) is 15.4. The van der Waals surface area contributed by atoms with Crippen LogP contribution in [0.3, 0.4) is 0 Å². The van der Waals surface area contributed by atoms with Crippen LogP contribution in [0.2, 0.25) is 0 Å². The van der Waals surface area contributed by atoms with Gasteiger partial charge in [0.1, 0.15) is 0 Å². The molecular weight excluding hydrogens is 310 g/mol. The number of carbonyl (C=O) groups excluding carboxylic acids is 1. The van der Waals surface area contributed by atoms with Gasteiger partial charge in [-0.05, 0) is 29.0 Å². The molecule has 0 bridgehead atoms. The highest BCUT2D eigenvalue weighted by atomic mass is 79.9. The van der Waals surface area contributed by atoms with Crippen molar-refractivity contribution in [3.05, 3.63) is 28.5 Å². The first-order valence-electron chi connectivity index (χ1n) is 4.74. The van der Waals surface area contributed by atoms with E-state index in [1.807, 2.05) is 0 Å². The quantitative estimate of drug-likeness (QED) is 0.806. The lowest BCUT2D eigenvalue weighted by Crippen LogP contribution is -2.32. The van der Waals surface area contributed by atoms with Crippen molar-refractivity contribution in [2.45, 2.75) is 0 Å². The summed E-state index contributed by atoms with van der Waals surface area (Å²) in [6.45, 7) is 0.0501. The standard InChI is InChI=1S/C9H12BrN3O3S/c1-11-17(15,16)3-2-13-9(14)7-4-8(10)6-12-5-7/h4-6,11H,2-3H2,1H3,(H,13,14). The summed E-state index contributed by atoms with van der Waals surface area (Å²) in [5.41, 5.74) is 0.376. The van der Waals surface area contributed by atoms with E-state index >= 15 is 0 Å². The molecule has 1 amide bonds. The lowest BCUT2D eigenvalue weighted by atomic mass is 10.3. The van der Waals surface area contributed by atoms with Gasteiger partial charge < -0.3 is 5.32 Å². The maximum absolute atomic E-state index is 11.6. The first kappa shape index (κ1) is 14.1. The molecule has 94 valence electrons. The van der Waals surface area contributed by atoms with Crippen LogP contribution in [0.1, 0.15) is 10.4 Å². The fourth-order valence-electron chi connectivity index (χ4n) is 1.04. The number of hydrogen-bond acceptors (Lipinski definition) is 4. The predicted octanol–water partition coefficient (Wildman–Crippen LogP) is 0.123. The van der Waals surface area contributed by atoms with Crippen molar-refractivity contribution in [3.63, 3.8) is 0 Å². The number of hydrogen-bond donors (Lipinski definition) is 2. The van der Waals surface area contributed by atoms with Gasteiger partial charge in [-0.2, -0.15) is 0 Å². The molecule has 8 heteroatoms. The van der Waals surface area contributed by atoms with E-state index in [-0.39, 0.29) is 18.2 Å². The average Bonchev–Trinajstić information content (AvgIpc) is 2.28. The van der Waals surface area contributed by atoms with Crippen molar-refractivity contribution < 1.29 is 13.2 Å². The second kappa shape index (κ2) is 6.08. The zero-order chi connectivity index (χ0) is 12.9. The molecule has 0 aliphatic heterocycles. The number of nitrogens with one attached hydrogen (secondary N) is 2. The first-order valence-corrected chi connectivity index (χ1v) is 7.19. The number of pyridine rings is 1. The van der Waals surface area contributed by atoms with E-state index in [9.17, 15) is 13.2 Å². The number of carbonyl (C=O) groups is 1. The molecule has 0 atom stereocenters. The summed E-state index contributed by atoms with van der Waals surface area (Å²) in [5, 5.41) is 2.50. The highest BCUT2D eigenvalue weighted by Gasteiger charge is 2.09. The minimum atomic E-state index is -3.30. The van der Waals surface area contributed by atoms with Crippen LogP contribution >= 0.6 is 15.9 Å². The van der Waals surface area contributed by atoms with Gasteiger partial charge in [0.15, 0.2) is 0 Å². The maximum atomic E-state index is 11.6. The Hall–Kier alpha value is -0.990. The molecule has 0 fully saturated rings. The minimum absolute atomic E-state index is 0.0501. The average molecular weight is 322 g/mol. The third-order valence-electron chi connectivity index (χ3n) is 1.93. The highest BCUT2D eigenvalue weighted by molar-refractivity contribution is 9.10. The van der Waals surface area contributed by atoms with E-state index in [2.05, 4.69) is 31.0 Å². The lowest BCUT2D eigenvalue weighted by molar-refractivity contribution is 0.0955. The third-order valence-corrected chi connectivity index (χ3v) is 3.73. The molecule has 2 N–H and O–H groups in total. The van der Waals surface area contributed by atoms with Gasteiger partial charge in [0, 0.05) is 23.4 Å². The molecule has 0 radical (unpaired) electrons. The molecule has 0 unspecified atom stereocenters. The van der Waals surface area contributed by atoms with Crippen molar-refractivity contribution in [1.82, 2.24) is 15.0 Å². The predicted molar refractivity (Wildman–Crippen MR) is 67.1 cm³/mol. The van der Waals surface area contributed by atoms with Crippen LogP contribution in [0.5, 0.6) is 0 Å². The van der Waals surface area contributed by atoms with Gasteiger partial charge in [-0.1, -0.05) is 0 Å². The Morgan fingerprint density at radius 2 is 2.18 bits per heavy atom. The molecule has 1 heterocycles. The summed E-state index contributed by atoms with van der Waals surface area (Å²) < 4.78 is 25.0. The Labute approximate surface area is 108 Å². The molecule has 0 spiro atoms. The van der Waals surface area contributed by atoms with Crippen molar-refractivity contribution in [2.24, 2.45) is 0 Å². The Balaban J connectivity index is 2.51. The van der Waals surface area contributed by atoms with E-state index in [1.165, 1.54) is 13.2 Å². The van der Waals surface area contributed by atoms with Crippen LogP contribution < -0.4 is 10.0 Å². The zero-order valence-electron chi connectivity index (χ0n) is 9.10. The third kappa shape index (κ3) is 4.80. The SMILES string of the molecule is CNS(=O)(=O)CCNC(=O)c1cncc(Br)c1. The molecular formula is C9H12BrN3O3S. The van der Waals surface area contributed by atoms with Gasteiger partial charge in [-0.3, -0.25) is 9.78 Å². The molecule has 0 aliphatic rings. The summed E-state index contributed by atoms with van der Waals surface area (Å²) in [5.74, 6) is -0.512. The number of amides is 1. The van der Waals surface area contributed by atoms with Gasteiger partial charge in [0.2, 0.25) is 10.0 Å². The van der Waals surface area contributed by atoms with Gasteiger partial charge in [-0.15, -0.1) is 0 Å². The highest BCUT2D eigenvalue weighted by Crippen LogP contribution is 2.09. The first-order chi connectivity index (χ1) is 7.94. The van der Waals surface area contributed by atoms with Crippen LogP contribution in [0.25, 0.3) is 0 Å². The monoisotopic (exact) mass is 321 g/mol. The topological polar surface area (TPSA) is 88.2 Å². The van der Waals surface area contributed by atoms with Crippen LogP contribution in [0.15, 0.2) is 22.9 Å². The second-order valence-electron chi connectivity index (χ2n) is 3.17. The van der Waals surface area contributed by atoms with E-state index in [0.29, 0.717) is 10.0 Å². The van der Waals surface area contributed by atoms with Crippen molar-refractivity contribution in [2.75, 3.05) is 19.3 Å². The van der Waals surface area contributed by atoms with Crippen LogP contribution in [0.4, 0.5) is 0 Å². The fourth-order valence-corrected chi connectivity index (χ4v) is 1.98.